The van der Waals surface area contributed by atoms with Gasteiger partial charge in [0.2, 0.25) is 3.67 Å². The molecule has 1 N–H and O–H groups in total. The van der Waals surface area contributed by atoms with Crippen molar-refractivity contribution < 1.29 is 9.90 Å². The van der Waals surface area contributed by atoms with Gasteiger partial charge in [-0.25, -0.2) is 4.79 Å². The van der Waals surface area contributed by atoms with Crippen molar-refractivity contribution in [3.63, 3.8) is 0 Å². The Bertz CT molecular complexity index is 311. The molecule has 0 aromatic rings. The highest BCUT2D eigenvalue weighted by Crippen LogP contribution is 2.52. The maximum atomic E-state index is 11.1. The van der Waals surface area contributed by atoms with Crippen molar-refractivity contribution in [2.24, 2.45) is 0 Å². The maximum Gasteiger partial charge on any atom is 0.350 e. The molecule has 0 aromatic heterocycles. The topological polar surface area (TPSA) is 40.5 Å². The Hall–Kier alpha value is 0.550. The molecular weight excluding hydrogens is 339 g/mol. The van der Waals surface area contributed by atoms with Crippen LogP contribution in [0.1, 0.15) is 0 Å². The molecule has 0 amide bonds. The lowest BCUT2D eigenvalue weighted by atomic mass is 10.3. The van der Waals surface area contributed by atoms with Crippen LogP contribution in [-0.4, -0.2) is 24.2 Å². The summed E-state index contributed by atoms with van der Waals surface area (Å²) in [5.41, 5.74) is 0. The van der Waals surface area contributed by atoms with Crippen LogP contribution in [0, 0.1) is 0 Å². The number of carboxylic acid groups (broad SMARTS) is 1. The molecule has 3 nitrogen and oxygen atoms in total. The van der Waals surface area contributed by atoms with Crippen LogP contribution in [0.3, 0.4) is 0 Å². The molecule has 0 rings (SSSR count). The van der Waals surface area contributed by atoms with Gasteiger partial charge in [-0.2, -0.15) is 0 Å². The summed E-state index contributed by atoms with van der Waals surface area (Å²) in [6.45, 7) is 3.38. The minimum atomic E-state index is -2.33. The number of rotatable bonds is 6. The van der Waals surface area contributed by atoms with Gasteiger partial charge < -0.3 is 5.11 Å². The third-order valence-electron chi connectivity index (χ3n) is 1.41. The van der Waals surface area contributed by atoms with Crippen LogP contribution in [-0.2, 0) is 4.79 Å². The van der Waals surface area contributed by atoms with Crippen LogP contribution >= 0.6 is 68.2 Å². The van der Waals surface area contributed by atoms with Crippen molar-refractivity contribution in [2.75, 3.05) is 0 Å². The van der Waals surface area contributed by atoms with E-state index in [1.165, 1.54) is 12.2 Å². The maximum absolute atomic E-state index is 11.1. The average Bonchev–Trinajstić information content (AvgIpc) is 2.23. The summed E-state index contributed by atoms with van der Waals surface area (Å²) in [5.74, 6) is -1.55. The second kappa shape index (κ2) is 6.47. The summed E-state index contributed by atoms with van der Waals surface area (Å²) in [7, 11) is 5.70. The monoisotopic (exact) mass is 343 g/mol. The second-order valence-corrected chi connectivity index (χ2v) is 6.33. The third kappa shape index (κ3) is 3.28. The molecule has 0 fully saturated rings. The van der Waals surface area contributed by atoms with Gasteiger partial charge in [-0.1, -0.05) is 47.5 Å². The van der Waals surface area contributed by atoms with Crippen LogP contribution in [0.5, 0.6) is 0 Å². The summed E-state index contributed by atoms with van der Waals surface area (Å²) < 4.78 is -1.46. The Morgan fingerprint density at radius 1 is 1.44 bits per heavy atom. The van der Waals surface area contributed by atoms with E-state index >= 15 is 0 Å². The van der Waals surface area contributed by atoms with Gasteiger partial charge in [0.1, 0.15) is 0 Å². The van der Waals surface area contributed by atoms with Gasteiger partial charge in [-0.05, 0) is 27.7 Å². The van der Waals surface area contributed by atoms with Crippen LogP contribution < -0.4 is 0 Å². The first-order chi connectivity index (χ1) is 7.24. The lowest BCUT2D eigenvalue weighted by Gasteiger charge is -2.36. The molecule has 0 radical (unpaired) electrons. The van der Waals surface area contributed by atoms with Gasteiger partial charge in [-0.3, -0.25) is 4.42 Å². The van der Waals surface area contributed by atoms with Crippen LogP contribution in [0.15, 0.2) is 24.9 Å². The van der Waals surface area contributed by atoms with Crippen LogP contribution in [0.4, 0.5) is 0 Å². The predicted molar refractivity (Wildman–Crippen MR) is 71.1 cm³/mol. The lowest BCUT2D eigenvalue weighted by Crippen LogP contribution is -2.54. The molecule has 0 aliphatic rings. The van der Waals surface area contributed by atoms with Gasteiger partial charge in [0.25, 0.3) is 5.00 Å². The minimum Gasteiger partial charge on any atom is -0.478 e. The number of allylic oxidation sites excluding steroid dienone is 2. The Morgan fingerprint density at radius 3 is 2.25 bits per heavy atom. The van der Waals surface area contributed by atoms with E-state index in [2.05, 4.69) is 6.58 Å². The molecule has 0 aliphatic carbocycles. The van der Waals surface area contributed by atoms with Crippen molar-refractivity contribution in [2.45, 2.75) is 8.66 Å². The van der Waals surface area contributed by atoms with E-state index in [9.17, 15) is 4.79 Å². The number of hydrogen-bond donors (Lipinski definition) is 1. The van der Waals surface area contributed by atoms with Crippen molar-refractivity contribution >= 4 is 74.2 Å². The summed E-state index contributed by atoms with van der Waals surface area (Å²) in [4.78, 5) is 8.74. The van der Waals surface area contributed by atoms with E-state index in [1.807, 2.05) is 0 Å². The SMILES string of the molecule is C=CC=CN(Cl)[C@](Cl)(C(=O)O)C(Cl)(Cl)SCl. The van der Waals surface area contributed by atoms with Gasteiger partial charge in [0, 0.05) is 18.0 Å². The predicted octanol–water partition coefficient (Wildman–Crippen LogP) is 4.18. The first-order valence-electron chi connectivity index (χ1n) is 3.58. The number of alkyl halides is 3. The van der Waals surface area contributed by atoms with E-state index in [-0.39, 0.29) is 0 Å². The normalized spacial score (nSPS) is 15.8. The molecule has 0 bridgehead atoms. The van der Waals surface area contributed by atoms with Crippen LogP contribution in [0.2, 0.25) is 0 Å². The molecule has 0 aliphatic heterocycles. The summed E-state index contributed by atoms with van der Waals surface area (Å²) in [6, 6.07) is 0. The molecular formula is C7H6Cl5NO2S. The van der Waals surface area contributed by atoms with Gasteiger partial charge in [0.15, 0.2) is 0 Å². The fraction of sp³-hybridized carbons (Fsp3) is 0.286. The molecule has 1 atom stereocenters. The van der Waals surface area contributed by atoms with Gasteiger partial charge in [0.05, 0.1) is 0 Å². The number of halogens is 5. The largest absolute Gasteiger partial charge is 0.478 e. The fourth-order valence-corrected chi connectivity index (χ4v) is 2.29. The first kappa shape index (κ1) is 16.6. The summed E-state index contributed by atoms with van der Waals surface area (Å²) >= 11 is 22.9. The van der Waals surface area contributed by atoms with Crippen molar-refractivity contribution in [1.82, 2.24) is 4.42 Å². The lowest BCUT2D eigenvalue weighted by molar-refractivity contribution is -0.142. The van der Waals surface area contributed by atoms with Crippen molar-refractivity contribution in [1.29, 1.82) is 0 Å². The zero-order chi connectivity index (χ0) is 13.0. The molecule has 0 unspecified atom stereocenters. The standard InChI is InChI=1S/C7H6Cl5NO2S/c1-2-3-4-13(11)6(8,5(14)15)7(9,10)16-12/h2-4H,1H2,(H,14,15)/t6-/m1/s1. The van der Waals surface area contributed by atoms with Crippen LogP contribution in [0.25, 0.3) is 0 Å². The first-order valence-corrected chi connectivity index (χ1v) is 6.69. The number of nitrogens with zero attached hydrogens (tertiary/aromatic N) is 1. The highest BCUT2D eigenvalue weighted by Gasteiger charge is 2.59. The quantitative estimate of drug-likeness (QED) is 0.339. The number of aliphatic carboxylic acids is 1. The number of carboxylic acids is 1. The molecule has 0 spiro atoms. The number of hydrogen-bond acceptors (Lipinski definition) is 3. The average molecular weight is 345 g/mol. The highest BCUT2D eigenvalue weighted by molar-refractivity contribution is 8.24. The second-order valence-electron chi connectivity index (χ2n) is 2.41. The minimum absolute atomic E-state index is 0.329. The summed E-state index contributed by atoms with van der Waals surface area (Å²) in [5, 5.41) is 9.01. The molecule has 92 valence electrons. The molecule has 0 heterocycles. The summed E-state index contributed by atoms with van der Waals surface area (Å²) in [6.07, 6.45) is 3.87. The van der Waals surface area contributed by atoms with E-state index < -0.39 is 14.6 Å². The highest BCUT2D eigenvalue weighted by atomic mass is 35.7. The zero-order valence-electron chi connectivity index (χ0n) is 7.54. The third-order valence-corrected chi connectivity index (χ3v) is 5.47. The van der Waals surface area contributed by atoms with Gasteiger partial charge >= 0.3 is 5.97 Å². The van der Waals surface area contributed by atoms with E-state index in [4.69, 9.17) is 62.4 Å². The molecule has 16 heavy (non-hydrogen) atoms. The Balaban J connectivity index is 5.35. The fourth-order valence-electron chi connectivity index (χ4n) is 0.630. The molecule has 0 aromatic carbocycles. The Kier molecular flexibility index (Phi) is 6.70. The van der Waals surface area contributed by atoms with Gasteiger partial charge in [-0.15, -0.1) is 0 Å². The smallest absolute Gasteiger partial charge is 0.350 e. The van der Waals surface area contributed by atoms with Crippen molar-refractivity contribution in [3.05, 3.63) is 24.9 Å². The molecule has 0 saturated carbocycles. The van der Waals surface area contributed by atoms with E-state index in [0.29, 0.717) is 15.4 Å². The molecule has 9 heteroatoms. The van der Waals surface area contributed by atoms with E-state index in [0.717, 1.165) is 6.20 Å². The van der Waals surface area contributed by atoms with Crippen molar-refractivity contribution in [3.8, 4) is 0 Å². The van der Waals surface area contributed by atoms with E-state index in [1.54, 1.807) is 0 Å². The Morgan fingerprint density at radius 2 is 1.94 bits per heavy atom. The molecule has 0 saturated heterocycles. The Labute approximate surface area is 122 Å². The zero-order valence-corrected chi connectivity index (χ0v) is 12.1. The number of carbonyl (C=O) groups is 1.